The van der Waals surface area contributed by atoms with Crippen LogP contribution in [-0.2, 0) is 14.3 Å². The molecular formula is C9H15NO3. The number of hydrogen-bond donors (Lipinski definition) is 0. The topological polar surface area (TPSA) is 46.6 Å². The molecule has 0 spiro atoms. The third kappa shape index (κ3) is 3.14. The van der Waals surface area contributed by atoms with Gasteiger partial charge in [0, 0.05) is 20.1 Å². The lowest BCUT2D eigenvalue weighted by molar-refractivity contribution is -0.138. The van der Waals surface area contributed by atoms with E-state index in [2.05, 4.69) is 0 Å². The van der Waals surface area contributed by atoms with Crippen LogP contribution >= 0.6 is 0 Å². The number of Topliss-reactive ketones (excluding diaryl/α,β-unsaturated/α-hetero) is 1. The van der Waals surface area contributed by atoms with E-state index in [0.717, 1.165) is 6.42 Å². The van der Waals surface area contributed by atoms with Gasteiger partial charge < -0.3 is 9.64 Å². The lowest BCUT2D eigenvalue weighted by Crippen LogP contribution is -2.40. The first kappa shape index (κ1) is 10.2. The van der Waals surface area contributed by atoms with E-state index in [0.29, 0.717) is 32.5 Å². The molecule has 1 fully saturated rings. The monoisotopic (exact) mass is 185 g/mol. The van der Waals surface area contributed by atoms with Crippen LogP contribution in [0.5, 0.6) is 0 Å². The number of piperidine rings is 1. The van der Waals surface area contributed by atoms with Gasteiger partial charge in [-0.15, -0.1) is 0 Å². The molecule has 1 aliphatic rings. The molecule has 1 saturated heterocycles. The summed E-state index contributed by atoms with van der Waals surface area (Å²) in [5.41, 5.74) is 0. The van der Waals surface area contributed by atoms with Crippen LogP contribution in [0.3, 0.4) is 0 Å². The maximum Gasteiger partial charge on any atom is 0.225 e. The summed E-state index contributed by atoms with van der Waals surface area (Å²) in [4.78, 5) is 24.0. The van der Waals surface area contributed by atoms with Gasteiger partial charge in [0.05, 0.1) is 19.6 Å². The molecule has 0 aliphatic carbocycles. The molecule has 13 heavy (non-hydrogen) atoms. The molecule has 74 valence electrons. The third-order valence-electron chi connectivity index (χ3n) is 2.12. The van der Waals surface area contributed by atoms with Crippen LogP contribution in [0.15, 0.2) is 0 Å². The van der Waals surface area contributed by atoms with Gasteiger partial charge in [0.1, 0.15) is 0 Å². The van der Waals surface area contributed by atoms with Gasteiger partial charge in [-0.1, -0.05) is 0 Å². The van der Waals surface area contributed by atoms with E-state index in [1.54, 1.807) is 12.0 Å². The van der Waals surface area contributed by atoms with E-state index < -0.39 is 0 Å². The Bertz CT molecular complexity index is 203. The molecular weight excluding hydrogens is 170 g/mol. The fraction of sp³-hybridized carbons (Fsp3) is 0.778. The van der Waals surface area contributed by atoms with Crippen molar-refractivity contribution in [3.8, 4) is 0 Å². The number of ether oxygens (including phenoxy) is 1. The summed E-state index contributed by atoms with van der Waals surface area (Å²) in [6.07, 6.45) is 1.80. The van der Waals surface area contributed by atoms with Crippen LogP contribution in [-0.4, -0.2) is 43.4 Å². The van der Waals surface area contributed by atoms with Gasteiger partial charge in [-0.05, 0) is 6.42 Å². The summed E-state index contributed by atoms with van der Waals surface area (Å²) in [6.45, 7) is 1.44. The Morgan fingerprint density at radius 2 is 2.38 bits per heavy atom. The van der Waals surface area contributed by atoms with Crippen molar-refractivity contribution >= 4 is 11.7 Å². The predicted octanol–water partition coefficient (Wildman–Crippen LogP) is 0.214. The molecule has 0 aromatic heterocycles. The second-order valence-electron chi connectivity index (χ2n) is 3.20. The highest BCUT2D eigenvalue weighted by atomic mass is 16.5. The van der Waals surface area contributed by atoms with E-state index >= 15 is 0 Å². The smallest absolute Gasteiger partial charge is 0.225 e. The lowest BCUT2D eigenvalue weighted by atomic mass is 10.1. The molecule has 0 atom stereocenters. The van der Waals surface area contributed by atoms with E-state index in [4.69, 9.17) is 4.74 Å². The number of methoxy groups -OCH3 is 1. The van der Waals surface area contributed by atoms with Crippen molar-refractivity contribution in [2.75, 3.05) is 26.8 Å². The van der Waals surface area contributed by atoms with Crippen LogP contribution in [0.4, 0.5) is 0 Å². The molecule has 0 aromatic rings. The SMILES string of the molecule is COCCC(=O)N1CCCC(=O)C1. The fourth-order valence-corrected chi connectivity index (χ4v) is 1.40. The van der Waals surface area contributed by atoms with Crippen LogP contribution in [0.1, 0.15) is 19.3 Å². The van der Waals surface area contributed by atoms with Gasteiger partial charge in [-0.3, -0.25) is 9.59 Å². The molecule has 0 saturated carbocycles. The maximum atomic E-state index is 11.4. The van der Waals surface area contributed by atoms with Crippen molar-refractivity contribution in [2.24, 2.45) is 0 Å². The number of rotatable bonds is 3. The molecule has 1 aliphatic heterocycles. The Morgan fingerprint density at radius 3 is 3.00 bits per heavy atom. The zero-order chi connectivity index (χ0) is 9.68. The average molecular weight is 185 g/mol. The second kappa shape index (κ2) is 4.97. The van der Waals surface area contributed by atoms with Crippen molar-refractivity contribution in [3.63, 3.8) is 0 Å². The van der Waals surface area contributed by atoms with Gasteiger partial charge >= 0.3 is 0 Å². The predicted molar refractivity (Wildman–Crippen MR) is 47.3 cm³/mol. The third-order valence-corrected chi connectivity index (χ3v) is 2.12. The standard InChI is InChI=1S/C9H15NO3/c1-13-6-4-9(12)10-5-2-3-8(11)7-10/h2-7H2,1H3. The van der Waals surface area contributed by atoms with E-state index in [9.17, 15) is 9.59 Å². The van der Waals surface area contributed by atoms with Gasteiger partial charge in [-0.25, -0.2) is 0 Å². The average Bonchev–Trinajstić information content (AvgIpc) is 2.14. The van der Waals surface area contributed by atoms with Crippen molar-refractivity contribution in [1.82, 2.24) is 4.90 Å². The molecule has 4 nitrogen and oxygen atoms in total. The van der Waals surface area contributed by atoms with Crippen LogP contribution < -0.4 is 0 Å². The largest absolute Gasteiger partial charge is 0.384 e. The number of amides is 1. The zero-order valence-electron chi connectivity index (χ0n) is 7.91. The van der Waals surface area contributed by atoms with Gasteiger partial charge in [0.15, 0.2) is 5.78 Å². The van der Waals surface area contributed by atoms with Crippen molar-refractivity contribution < 1.29 is 14.3 Å². The minimum Gasteiger partial charge on any atom is -0.384 e. The van der Waals surface area contributed by atoms with Gasteiger partial charge in [0.25, 0.3) is 0 Å². The van der Waals surface area contributed by atoms with Crippen molar-refractivity contribution in [3.05, 3.63) is 0 Å². The maximum absolute atomic E-state index is 11.4. The van der Waals surface area contributed by atoms with Crippen LogP contribution in [0.25, 0.3) is 0 Å². The Morgan fingerprint density at radius 1 is 1.62 bits per heavy atom. The summed E-state index contributed by atoms with van der Waals surface area (Å²) < 4.78 is 4.80. The fourth-order valence-electron chi connectivity index (χ4n) is 1.40. The minimum atomic E-state index is 0.0231. The Hall–Kier alpha value is -0.900. The zero-order valence-corrected chi connectivity index (χ0v) is 7.91. The van der Waals surface area contributed by atoms with Crippen LogP contribution in [0.2, 0.25) is 0 Å². The highest BCUT2D eigenvalue weighted by Crippen LogP contribution is 2.07. The van der Waals surface area contributed by atoms with Crippen molar-refractivity contribution in [2.45, 2.75) is 19.3 Å². The molecule has 0 aromatic carbocycles. The lowest BCUT2D eigenvalue weighted by Gasteiger charge is -2.25. The Kier molecular flexibility index (Phi) is 3.89. The highest BCUT2D eigenvalue weighted by Gasteiger charge is 2.20. The summed E-state index contributed by atoms with van der Waals surface area (Å²) in [5.74, 6) is 0.187. The second-order valence-corrected chi connectivity index (χ2v) is 3.20. The number of likely N-dealkylation sites (tertiary alicyclic amines) is 1. The minimum absolute atomic E-state index is 0.0231. The number of carbonyl (C=O) groups excluding carboxylic acids is 2. The first-order chi connectivity index (χ1) is 6.24. The quantitative estimate of drug-likeness (QED) is 0.631. The highest BCUT2D eigenvalue weighted by molar-refractivity contribution is 5.87. The number of hydrogen-bond acceptors (Lipinski definition) is 3. The van der Waals surface area contributed by atoms with E-state index in [1.807, 2.05) is 0 Å². The van der Waals surface area contributed by atoms with E-state index in [1.165, 1.54) is 0 Å². The van der Waals surface area contributed by atoms with E-state index in [-0.39, 0.29) is 11.7 Å². The first-order valence-electron chi connectivity index (χ1n) is 4.52. The molecule has 0 bridgehead atoms. The normalized spacial score (nSPS) is 17.6. The molecule has 0 unspecified atom stereocenters. The summed E-state index contributed by atoms with van der Waals surface area (Å²) >= 11 is 0. The number of carbonyl (C=O) groups is 2. The molecule has 4 heteroatoms. The molecule has 0 radical (unpaired) electrons. The Labute approximate surface area is 77.8 Å². The molecule has 1 amide bonds. The van der Waals surface area contributed by atoms with Gasteiger partial charge in [-0.2, -0.15) is 0 Å². The first-order valence-corrected chi connectivity index (χ1v) is 4.52. The molecule has 0 N–H and O–H groups in total. The van der Waals surface area contributed by atoms with Crippen molar-refractivity contribution in [1.29, 1.82) is 0 Å². The molecule has 1 rings (SSSR count). The van der Waals surface area contributed by atoms with Crippen LogP contribution in [0, 0.1) is 0 Å². The molecule has 1 heterocycles. The number of ketones is 1. The Balaban J connectivity index is 2.32. The van der Waals surface area contributed by atoms with Gasteiger partial charge in [0.2, 0.25) is 5.91 Å². The number of nitrogens with zero attached hydrogens (tertiary/aromatic N) is 1. The summed E-state index contributed by atoms with van der Waals surface area (Å²) in [5, 5.41) is 0. The summed E-state index contributed by atoms with van der Waals surface area (Å²) in [6, 6.07) is 0. The summed E-state index contributed by atoms with van der Waals surface area (Å²) in [7, 11) is 1.56.